The van der Waals surface area contributed by atoms with Gasteiger partial charge in [-0.2, -0.15) is 0 Å². The first-order valence-corrected chi connectivity index (χ1v) is 7.60. The molecule has 0 bridgehead atoms. The highest BCUT2D eigenvalue weighted by atomic mass is 16.6. The molecule has 1 aromatic carbocycles. The van der Waals surface area contributed by atoms with Gasteiger partial charge in [-0.1, -0.05) is 0 Å². The van der Waals surface area contributed by atoms with Crippen LogP contribution in [0.25, 0.3) is 0 Å². The first kappa shape index (κ1) is 16.1. The summed E-state index contributed by atoms with van der Waals surface area (Å²) in [5.74, 6) is 1.11. The van der Waals surface area contributed by atoms with Crippen LogP contribution in [0.1, 0.15) is 22.6 Å². The Kier molecular flexibility index (Phi) is 4.30. The zero-order chi connectivity index (χ0) is 17.3. The van der Waals surface area contributed by atoms with E-state index in [-0.39, 0.29) is 11.2 Å². The van der Waals surface area contributed by atoms with Gasteiger partial charge in [0.05, 0.1) is 29.4 Å². The summed E-state index contributed by atoms with van der Waals surface area (Å²) < 4.78 is 5.28. The van der Waals surface area contributed by atoms with Gasteiger partial charge in [-0.05, 0) is 13.0 Å². The third-order valence-corrected chi connectivity index (χ3v) is 4.14. The number of nitrogens with one attached hydrogen (secondary N) is 1. The number of hydrogen-bond acceptors (Lipinski definition) is 6. The number of benzene rings is 1. The molecule has 0 amide bonds. The van der Waals surface area contributed by atoms with Gasteiger partial charge in [0.25, 0.3) is 11.2 Å². The minimum absolute atomic E-state index is 0.00397. The van der Waals surface area contributed by atoms with Crippen LogP contribution in [-0.2, 0) is 19.5 Å². The van der Waals surface area contributed by atoms with E-state index in [1.54, 1.807) is 13.0 Å². The average molecular weight is 330 g/mol. The maximum atomic E-state index is 12.1. The highest BCUT2D eigenvalue weighted by Gasteiger charge is 2.22. The number of fused-ring (bicyclic) bond motifs is 1. The van der Waals surface area contributed by atoms with Gasteiger partial charge in [-0.25, -0.2) is 4.98 Å². The van der Waals surface area contributed by atoms with E-state index >= 15 is 0 Å². The lowest BCUT2D eigenvalue weighted by atomic mass is 10.1. The van der Waals surface area contributed by atoms with Gasteiger partial charge in [0.15, 0.2) is 0 Å². The van der Waals surface area contributed by atoms with Crippen LogP contribution < -0.4 is 10.3 Å². The van der Waals surface area contributed by atoms with Crippen molar-refractivity contribution in [2.75, 3.05) is 13.7 Å². The SMILES string of the molecule is COc1cc([N+](=O)[O-])ccc1CN1CCc2nc(C)[nH]c(=O)c2C1. The van der Waals surface area contributed by atoms with Crippen molar-refractivity contribution in [1.82, 2.24) is 14.9 Å². The van der Waals surface area contributed by atoms with Crippen molar-refractivity contribution in [3.63, 3.8) is 0 Å². The van der Waals surface area contributed by atoms with E-state index in [1.807, 2.05) is 0 Å². The first-order chi connectivity index (χ1) is 11.5. The topological polar surface area (TPSA) is 101 Å². The Morgan fingerprint density at radius 3 is 2.96 bits per heavy atom. The Bertz CT molecular complexity index is 846. The summed E-state index contributed by atoms with van der Waals surface area (Å²) in [6.07, 6.45) is 0.704. The molecule has 0 radical (unpaired) electrons. The molecule has 0 unspecified atom stereocenters. The largest absolute Gasteiger partial charge is 0.496 e. The van der Waals surface area contributed by atoms with Crippen molar-refractivity contribution >= 4 is 5.69 Å². The van der Waals surface area contributed by atoms with E-state index in [4.69, 9.17) is 4.74 Å². The molecule has 1 aromatic heterocycles. The number of methoxy groups -OCH3 is 1. The molecule has 1 aliphatic heterocycles. The van der Waals surface area contributed by atoms with Gasteiger partial charge in [-0.3, -0.25) is 19.8 Å². The minimum atomic E-state index is -0.447. The summed E-state index contributed by atoms with van der Waals surface area (Å²) in [4.78, 5) is 31.8. The van der Waals surface area contributed by atoms with Gasteiger partial charge in [-0.15, -0.1) is 0 Å². The lowest BCUT2D eigenvalue weighted by molar-refractivity contribution is -0.384. The second kappa shape index (κ2) is 6.40. The van der Waals surface area contributed by atoms with Crippen molar-refractivity contribution in [3.05, 3.63) is 61.3 Å². The lowest BCUT2D eigenvalue weighted by Crippen LogP contribution is -2.35. The molecule has 0 spiro atoms. The number of H-pyrrole nitrogens is 1. The lowest BCUT2D eigenvalue weighted by Gasteiger charge is -2.28. The Balaban J connectivity index is 1.83. The molecule has 0 saturated heterocycles. The van der Waals surface area contributed by atoms with Gasteiger partial charge in [0.1, 0.15) is 11.6 Å². The molecule has 2 heterocycles. The molecule has 24 heavy (non-hydrogen) atoms. The van der Waals surface area contributed by atoms with Gasteiger partial charge < -0.3 is 9.72 Å². The van der Waals surface area contributed by atoms with Crippen LogP contribution in [0.2, 0.25) is 0 Å². The number of non-ortho nitro benzene ring substituents is 1. The summed E-state index contributed by atoms with van der Waals surface area (Å²) in [6, 6.07) is 4.59. The molecule has 8 nitrogen and oxygen atoms in total. The third-order valence-electron chi connectivity index (χ3n) is 4.14. The van der Waals surface area contributed by atoms with Crippen molar-refractivity contribution in [2.45, 2.75) is 26.4 Å². The summed E-state index contributed by atoms with van der Waals surface area (Å²) >= 11 is 0. The maximum Gasteiger partial charge on any atom is 0.273 e. The van der Waals surface area contributed by atoms with Crippen molar-refractivity contribution in [2.24, 2.45) is 0 Å². The van der Waals surface area contributed by atoms with Crippen LogP contribution in [-0.4, -0.2) is 33.4 Å². The first-order valence-electron chi connectivity index (χ1n) is 7.60. The van der Waals surface area contributed by atoms with E-state index < -0.39 is 4.92 Å². The number of nitro benzene ring substituents is 1. The van der Waals surface area contributed by atoms with Gasteiger partial charge >= 0.3 is 0 Å². The van der Waals surface area contributed by atoms with Gasteiger partial charge in [0.2, 0.25) is 0 Å². The van der Waals surface area contributed by atoms with E-state index in [1.165, 1.54) is 19.2 Å². The Morgan fingerprint density at radius 1 is 1.46 bits per heavy atom. The summed E-state index contributed by atoms with van der Waals surface area (Å²) in [5.41, 5.74) is 2.28. The smallest absolute Gasteiger partial charge is 0.273 e. The number of rotatable bonds is 4. The van der Waals surface area contributed by atoms with E-state index in [9.17, 15) is 14.9 Å². The third kappa shape index (κ3) is 3.13. The van der Waals surface area contributed by atoms with E-state index in [2.05, 4.69) is 14.9 Å². The molecule has 0 atom stereocenters. The van der Waals surface area contributed by atoms with E-state index in [0.29, 0.717) is 36.6 Å². The fraction of sp³-hybridized carbons (Fsp3) is 0.375. The Hall–Kier alpha value is -2.74. The van der Waals surface area contributed by atoms with Crippen molar-refractivity contribution in [1.29, 1.82) is 0 Å². The molecule has 0 saturated carbocycles. The number of nitro groups is 1. The van der Waals surface area contributed by atoms with Crippen LogP contribution >= 0.6 is 0 Å². The predicted molar refractivity (Wildman–Crippen MR) is 87.1 cm³/mol. The number of hydrogen-bond donors (Lipinski definition) is 1. The van der Waals surface area contributed by atoms with Crippen molar-refractivity contribution in [3.8, 4) is 5.75 Å². The molecule has 0 fully saturated rings. The maximum absolute atomic E-state index is 12.1. The molecule has 3 rings (SSSR count). The molecular formula is C16H18N4O4. The van der Waals surface area contributed by atoms with Crippen molar-refractivity contribution < 1.29 is 9.66 Å². The highest BCUT2D eigenvalue weighted by Crippen LogP contribution is 2.27. The fourth-order valence-corrected chi connectivity index (χ4v) is 2.96. The standard InChI is InChI=1S/C16H18N4O4/c1-10-17-14-5-6-19(9-13(14)16(21)18-10)8-11-3-4-12(20(22)23)7-15(11)24-2/h3-4,7H,5-6,8-9H2,1-2H3,(H,17,18,21). The molecule has 8 heteroatoms. The number of nitrogens with zero attached hydrogens (tertiary/aromatic N) is 3. The normalized spacial score (nSPS) is 14.2. The summed E-state index contributed by atoms with van der Waals surface area (Å²) in [6.45, 7) is 3.59. The average Bonchev–Trinajstić information content (AvgIpc) is 2.55. The van der Waals surface area contributed by atoms with E-state index in [0.717, 1.165) is 17.8 Å². The highest BCUT2D eigenvalue weighted by molar-refractivity contribution is 5.44. The molecule has 126 valence electrons. The Labute approximate surface area is 138 Å². The van der Waals surface area contributed by atoms with Crippen LogP contribution in [0.4, 0.5) is 5.69 Å². The predicted octanol–water partition coefficient (Wildman–Crippen LogP) is 1.55. The van der Waals surface area contributed by atoms with Crippen LogP contribution in [0, 0.1) is 17.0 Å². The minimum Gasteiger partial charge on any atom is -0.496 e. The van der Waals surface area contributed by atoms with Crippen LogP contribution in [0.5, 0.6) is 5.75 Å². The number of aromatic amines is 1. The fourth-order valence-electron chi connectivity index (χ4n) is 2.96. The molecule has 1 N–H and O–H groups in total. The number of aromatic nitrogens is 2. The molecular weight excluding hydrogens is 312 g/mol. The second-order valence-corrected chi connectivity index (χ2v) is 5.79. The Morgan fingerprint density at radius 2 is 2.25 bits per heavy atom. The van der Waals surface area contributed by atoms with Crippen LogP contribution in [0.3, 0.4) is 0 Å². The number of aryl methyl sites for hydroxylation is 1. The zero-order valence-electron chi connectivity index (χ0n) is 13.5. The molecule has 0 aliphatic carbocycles. The summed E-state index contributed by atoms with van der Waals surface area (Å²) in [7, 11) is 1.49. The molecule has 1 aliphatic rings. The second-order valence-electron chi connectivity index (χ2n) is 5.79. The quantitative estimate of drug-likeness (QED) is 0.674. The number of ether oxygens (including phenoxy) is 1. The molecule has 2 aromatic rings. The van der Waals surface area contributed by atoms with Gasteiger partial charge in [0, 0.05) is 37.7 Å². The van der Waals surface area contributed by atoms with Crippen LogP contribution in [0.15, 0.2) is 23.0 Å². The monoisotopic (exact) mass is 330 g/mol. The summed E-state index contributed by atoms with van der Waals surface area (Å²) in [5, 5.41) is 10.9. The zero-order valence-corrected chi connectivity index (χ0v) is 13.5.